The van der Waals surface area contributed by atoms with E-state index in [1.807, 2.05) is 38.1 Å². The Morgan fingerprint density at radius 1 is 0.973 bits per heavy atom. The van der Waals surface area contributed by atoms with Crippen molar-refractivity contribution in [3.63, 3.8) is 0 Å². The maximum Gasteiger partial charge on any atom is 0.261 e. The summed E-state index contributed by atoms with van der Waals surface area (Å²) in [5.74, 6) is 0.107. The summed E-state index contributed by atoms with van der Waals surface area (Å²) in [6, 6.07) is 19.1. The lowest BCUT2D eigenvalue weighted by Gasteiger charge is -2.36. The zero-order valence-electron chi connectivity index (χ0n) is 21.0. The van der Waals surface area contributed by atoms with Crippen molar-refractivity contribution in [1.82, 2.24) is 0 Å². The van der Waals surface area contributed by atoms with Crippen LogP contribution < -0.4 is 10.0 Å². The summed E-state index contributed by atoms with van der Waals surface area (Å²) in [7, 11) is -3.84. The molecule has 1 saturated heterocycles. The van der Waals surface area contributed by atoms with Crippen LogP contribution >= 0.6 is 0 Å². The number of ether oxygens (including phenoxy) is 1. The topological polar surface area (TPSA) is 102 Å². The van der Waals surface area contributed by atoms with Gasteiger partial charge >= 0.3 is 0 Å². The summed E-state index contributed by atoms with van der Waals surface area (Å²) in [6.45, 7) is 5.84. The van der Waals surface area contributed by atoms with Crippen molar-refractivity contribution in [2.45, 2.75) is 44.2 Å². The first-order valence-corrected chi connectivity index (χ1v) is 13.9. The molecule has 0 radical (unpaired) electrons. The number of sulfonamides is 1. The molecule has 37 heavy (non-hydrogen) atoms. The monoisotopic (exact) mass is 518 g/mol. The summed E-state index contributed by atoms with van der Waals surface area (Å²) in [4.78, 5) is 24.0. The molecule has 0 spiro atoms. The number of anilines is 2. The molecule has 2 heterocycles. The zero-order chi connectivity index (χ0) is 26.3. The highest BCUT2D eigenvalue weighted by Gasteiger charge is 2.42. The molecule has 1 fully saturated rings. The molecular weight excluding hydrogens is 488 g/mol. The minimum Gasteiger partial charge on any atom is -0.378 e. The number of nitrogens with one attached hydrogen (secondary N) is 2. The first-order valence-electron chi connectivity index (χ1n) is 12.4. The van der Waals surface area contributed by atoms with Crippen molar-refractivity contribution in [2.24, 2.45) is 11.8 Å². The van der Waals surface area contributed by atoms with Crippen molar-refractivity contribution in [3.8, 4) is 0 Å². The third-order valence-corrected chi connectivity index (χ3v) is 8.52. The van der Waals surface area contributed by atoms with E-state index < -0.39 is 10.0 Å². The van der Waals surface area contributed by atoms with Gasteiger partial charge in [0.2, 0.25) is 0 Å². The molecule has 7 nitrogen and oxygen atoms in total. The van der Waals surface area contributed by atoms with Crippen LogP contribution in [-0.4, -0.2) is 26.6 Å². The minimum atomic E-state index is -3.84. The molecule has 5 rings (SSSR count). The van der Waals surface area contributed by atoms with Gasteiger partial charge in [0.05, 0.1) is 17.0 Å². The van der Waals surface area contributed by atoms with Crippen LogP contribution in [0.4, 0.5) is 11.4 Å². The predicted octanol–water partition coefficient (Wildman–Crippen LogP) is 5.77. The molecule has 0 bridgehead atoms. The van der Waals surface area contributed by atoms with Crippen LogP contribution in [-0.2, 0) is 14.8 Å². The Hall–Kier alpha value is -3.49. The molecule has 192 valence electrons. The summed E-state index contributed by atoms with van der Waals surface area (Å²) in [6.07, 6.45) is 0.606. The van der Waals surface area contributed by atoms with Crippen LogP contribution in [0.1, 0.15) is 71.2 Å². The number of benzene rings is 3. The van der Waals surface area contributed by atoms with E-state index in [0.29, 0.717) is 23.4 Å². The van der Waals surface area contributed by atoms with Crippen LogP contribution in [0.3, 0.4) is 0 Å². The summed E-state index contributed by atoms with van der Waals surface area (Å²) in [5, 5.41) is 3.59. The second-order valence-electron chi connectivity index (χ2n) is 9.99. The lowest BCUT2D eigenvalue weighted by atomic mass is 9.81. The largest absolute Gasteiger partial charge is 0.378 e. The van der Waals surface area contributed by atoms with Crippen molar-refractivity contribution < 1.29 is 22.7 Å². The molecule has 3 aromatic carbocycles. The quantitative estimate of drug-likeness (QED) is 0.385. The zero-order valence-corrected chi connectivity index (χ0v) is 21.8. The lowest BCUT2D eigenvalue weighted by Crippen LogP contribution is -2.29. The van der Waals surface area contributed by atoms with Crippen molar-refractivity contribution in [1.29, 1.82) is 0 Å². The van der Waals surface area contributed by atoms with Crippen molar-refractivity contribution in [3.05, 3.63) is 89.0 Å². The Morgan fingerprint density at radius 2 is 1.65 bits per heavy atom. The average Bonchev–Trinajstić information content (AvgIpc) is 3.38. The van der Waals surface area contributed by atoms with Crippen LogP contribution in [0.25, 0.3) is 0 Å². The average molecular weight is 519 g/mol. The molecule has 0 aliphatic carbocycles. The highest BCUT2D eigenvalue weighted by molar-refractivity contribution is 7.92. The second-order valence-corrected chi connectivity index (χ2v) is 11.7. The molecular formula is C29H30N2O5S. The number of ketones is 2. The van der Waals surface area contributed by atoms with Crippen molar-refractivity contribution >= 4 is 33.0 Å². The van der Waals surface area contributed by atoms with Gasteiger partial charge in [0.25, 0.3) is 10.0 Å². The second kappa shape index (κ2) is 9.76. The summed E-state index contributed by atoms with van der Waals surface area (Å²) < 4.78 is 35.0. The highest BCUT2D eigenvalue weighted by Crippen LogP contribution is 2.50. The van der Waals surface area contributed by atoms with E-state index in [1.165, 1.54) is 6.92 Å². The lowest BCUT2D eigenvalue weighted by molar-refractivity contribution is 0.0827. The molecule has 2 aliphatic heterocycles. The number of carbonyl (C=O) groups is 2. The third kappa shape index (κ3) is 4.91. The van der Waals surface area contributed by atoms with Gasteiger partial charge in [-0.05, 0) is 61.4 Å². The minimum absolute atomic E-state index is 0.0106. The number of hydrogen-bond donors (Lipinski definition) is 2. The number of rotatable bonds is 7. The molecule has 3 aromatic rings. The van der Waals surface area contributed by atoms with Gasteiger partial charge in [0.15, 0.2) is 11.6 Å². The van der Waals surface area contributed by atoms with Gasteiger partial charge in [0.1, 0.15) is 0 Å². The maximum absolute atomic E-state index is 13.2. The predicted molar refractivity (Wildman–Crippen MR) is 142 cm³/mol. The Labute approximate surface area is 217 Å². The fourth-order valence-electron chi connectivity index (χ4n) is 5.12. The van der Waals surface area contributed by atoms with E-state index >= 15 is 0 Å². The molecule has 3 unspecified atom stereocenters. The molecule has 0 aromatic heterocycles. The Morgan fingerprint density at radius 3 is 2.30 bits per heavy atom. The number of Topliss-reactive ketones (excluding diaryl/α,β-unsaturated/α-hetero) is 2. The highest BCUT2D eigenvalue weighted by atomic mass is 32.2. The first kappa shape index (κ1) is 25.2. The Balaban J connectivity index is 1.41. The Bertz CT molecular complexity index is 1450. The SMILES string of the molecule is CC(=O)c1ccc(NS(=O)(=O)c2ccc3c(c2)C2OCCC2C(c2ccc(C(=O)C(C)C)cc2)N3)cc1. The van der Waals surface area contributed by atoms with Gasteiger partial charge in [-0.1, -0.05) is 38.1 Å². The van der Waals surface area contributed by atoms with Crippen molar-refractivity contribution in [2.75, 3.05) is 16.6 Å². The third-order valence-electron chi connectivity index (χ3n) is 7.14. The first-order chi connectivity index (χ1) is 17.6. The molecule has 0 amide bonds. The standard InChI is InChI=1S/C29H30N2O5S/c1-17(2)28(33)21-6-4-20(5-7-21)27-24-14-15-36-29(24)25-16-23(12-13-26(25)30-27)37(34,35)31-22-10-8-19(9-11-22)18(3)32/h4-13,16-17,24,27,29-31H,14-15H2,1-3H3. The number of fused-ring (bicyclic) bond motifs is 3. The van der Waals surface area contributed by atoms with Gasteiger partial charge in [-0.25, -0.2) is 8.42 Å². The van der Waals surface area contributed by atoms with Gasteiger partial charge in [0, 0.05) is 46.5 Å². The van der Waals surface area contributed by atoms with E-state index in [-0.39, 0.29) is 40.4 Å². The summed E-state index contributed by atoms with van der Waals surface area (Å²) in [5.41, 5.74) is 4.32. The molecule has 2 N–H and O–H groups in total. The number of carbonyl (C=O) groups excluding carboxylic acids is 2. The van der Waals surface area contributed by atoms with E-state index in [4.69, 9.17) is 4.74 Å². The molecule has 3 atom stereocenters. The van der Waals surface area contributed by atoms with Gasteiger partial charge in [-0.2, -0.15) is 0 Å². The van der Waals surface area contributed by atoms with Crippen LogP contribution in [0.2, 0.25) is 0 Å². The molecule has 8 heteroatoms. The summed E-state index contributed by atoms with van der Waals surface area (Å²) >= 11 is 0. The van der Waals surface area contributed by atoms with E-state index in [9.17, 15) is 18.0 Å². The number of hydrogen-bond acceptors (Lipinski definition) is 6. The smallest absolute Gasteiger partial charge is 0.261 e. The fraction of sp³-hybridized carbons (Fsp3) is 0.310. The van der Waals surface area contributed by atoms with Gasteiger partial charge in [-0.15, -0.1) is 0 Å². The maximum atomic E-state index is 13.2. The molecule has 0 saturated carbocycles. The van der Waals surface area contributed by atoms with Crippen LogP contribution in [0, 0.1) is 11.8 Å². The fourth-order valence-corrected chi connectivity index (χ4v) is 6.22. The molecule has 2 aliphatic rings. The normalized spacial score (nSPS) is 20.6. The van der Waals surface area contributed by atoms with Gasteiger partial charge < -0.3 is 10.1 Å². The van der Waals surface area contributed by atoms with E-state index in [0.717, 1.165) is 23.2 Å². The van der Waals surface area contributed by atoms with E-state index in [2.05, 4.69) is 10.0 Å². The van der Waals surface area contributed by atoms with Crippen LogP contribution in [0.15, 0.2) is 71.6 Å². The van der Waals surface area contributed by atoms with Gasteiger partial charge in [-0.3, -0.25) is 14.3 Å². The Kier molecular flexibility index (Phi) is 6.64. The van der Waals surface area contributed by atoms with E-state index in [1.54, 1.807) is 42.5 Å². The van der Waals surface area contributed by atoms with Crippen LogP contribution in [0.5, 0.6) is 0 Å².